The molecule has 0 bridgehead atoms. The number of nitrogens with one attached hydrogen (secondary N) is 3. The maximum absolute atomic E-state index is 12.9. The predicted molar refractivity (Wildman–Crippen MR) is 113 cm³/mol. The maximum Gasteiger partial charge on any atom is 0.265 e. The summed E-state index contributed by atoms with van der Waals surface area (Å²) in [6.45, 7) is 0.490. The van der Waals surface area contributed by atoms with Gasteiger partial charge in [-0.05, 0) is 42.7 Å². The molecule has 1 aliphatic rings. The molecule has 1 saturated heterocycles. The Morgan fingerprint density at radius 2 is 1.77 bits per heavy atom. The van der Waals surface area contributed by atoms with Gasteiger partial charge in [-0.2, -0.15) is 0 Å². The van der Waals surface area contributed by atoms with E-state index < -0.39 is 17.9 Å². The Hall–Kier alpha value is -3.55. The number of likely N-dealkylation sites (tertiary alicyclic amines) is 1. The van der Waals surface area contributed by atoms with Crippen molar-refractivity contribution < 1.29 is 19.1 Å². The van der Waals surface area contributed by atoms with E-state index in [1.165, 1.54) is 0 Å². The maximum atomic E-state index is 12.9. The van der Waals surface area contributed by atoms with Gasteiger partial charge >= 0.3 is 0 Å². The number of carbonyl (C=O) groups is 3. The molecule has 8 heteroatoms. The molecule has 0 saturated carbocycles. The van der Waals surface area contributed by atoms with Gasteiger partial charge in [-0.1, -0.05) is 30.3 Å². The van der Waals surface area contributed by atoms with Crippen LogP contribution in [-0.4, -0.2) is 42.8 Å². The van der Waals surface area contributed by atoms with Crippen molar-refractivity contribution in [3.8, 4) is 5.75 Å². The van der Waals surface area contributed by atoms with E-state index in [9.17, 15) is 14.4 Å². The van der Waals surface area contributed by atoms with Crippen molar-refractivity contribution in [2.45, 2.75) is 25.3 Å². The first-order valence-electron chi connectivity index (χ1n) is 9.89. The molecule has 1 heterocycles. The molecule has 1 unspecified atom stereocenters. The zero-order chi connectivity index (χ0) is 21.3. The number of anilines is 1. The SMILES string of the molecule is COc1ccc(NCC(=O)NNC(=O)C(c2ccccc2)N2CCCCC2=O)cc1. The third-order valence-corrected chi connectivity index (χ3v) is 4.90. The van der Waals surface area contributed by atoms with Gasteiger partial charge in [0.15, 0.2) is 0 Å². The molecule has 0 radical (unpaired) electrons. The molecule has 2 aromatic rings. The van der Waals surface area contributed by atoms with E-state index in [1.54, 1.807) is 48.4 Å². The Morgan fingerprint density at radius 1 is 1.03 bits per heavy atom. The van der Waals surface area contributed by atoms with Crippen molar-refractivity contribution in [1.29, 1.82) is 0 Å². The predicted octanol–water partition coefficient (Wildman–Crippen LogP) is 2.01. The van der Waals surface area contributed by atoms with Crippen molar-refractivity contribution in [3.63, 3.8) is 0 Å². The third kappa shape index (κ3) is 5.50. The molecule has 3 amide bonds. The van der Waals surface area contributed by atoms with Crippen LogP contribution in [-0.2, 0) is 14.4 Å². The lowest BCUT2D eigenvalue weighted by Gasteiger charge is -2.34. The summed E-state index contributed by atoms with van der Waals surface area (Å²) in [6, 6.07) is 15.5. The molecule has 3 N–H and O–H groups in total. The summed E-state index contributed by atoms with van der Waals surface area (Å²) >= 11 is 0. The van der Waals surface area contributed by atoms with Crippen molar-refractivity contribution in [2.24, 2.45) is 0 Å². The number of benzene rings is 2. The van der Waals surface area contributed by atoms with Gasteiger partial charge in [-0.15, -0.1) is 0 Å². The highest BCUT2D eigenvalue weighted by molar-refractivity contribution is 5.91. The zero-order valence-corrected chi connectivity index (χ0v) is 16.9. The van der Waals surface area contributed by atoms with Crippen molar-refractivity contribution >= 4 is 23.4 Å². The van der Waals surface area contributed by atoms with Crippen LogP contribution in [0.15, 0.2) is 54.6 Å². The van der Waals surface area contributed by atoms with Gasteiger partial charge in [0.05, 0.1) is 13.7 Å². The summed E-state index contributed by atoms with van der Waals surface area (Å²) in [5.41, 5.74) is 6.33. The summed E-state index contributed by atoms with van der Waals surface area (Å²) in [5, 5.41) is 2.97. The molecule has 1 aliphatic heterocycles. The van der Waals surface area contributed by atoms with Gasteiger partial charge in [0, 0.05) is 18.7 Å². The smallest absolute Gasteiger partial charge is 0.265 e. The lowest BCUT2D eigenvalue weighted by Crippen LogP contribution is -2.51. The number of rotatable bonds is 7. The van der Waals surface area contributed by atoms with Crippen molar-refractivity contribution in [2.75, 3.05) is 25.5 Å². The van der Waals surface area contributed by atoms with Crippen LogP contribution in [0.4, 0.5) is 5.69 Å². The van der Waals surface area contributed by atoms with E-state index in [1.807, 2.05) is 18.2 Å². The topological polar surface area (TPSA) is 99.8 Å². The van der Waals surface area contributed by atoms with Gasteiger partial charge in [0.25, 0.3) is 11.8 Å². The number of piperidine rings is 1. The van der Waals surface area contributed by atoms with Crippen molar-refractivity contribution in [3.05, 3.63) is 60.2 Å². The molecule has 0 aromatic heterocycles. The Labute approximate surface area is 175 Å². The van der Waals surface area contributed by atoms with Gasteiger partial charge in [0.2, 0.25) is 5.91 Å². The van der Waals surface area contributed by atoms with Crippen LogP contribution in [0.1, 0.15) is 30.9 Å². The van der Waals surface area contributed by atoms with Crippen LogP contribution in [0.2, 0.25) is 0 Å². The highest BCUT2D eigenvalue weighted by Gasteiger charge is 2.32. The molecule has 30 heavy (non-hydrogen) atoms. The number of methoxy groups -OCH3 is 1. The number of amides is 3. The highest BCUT2D eigenvalue weighted by Crippen LogP contribution is 2.25. The fourth-order valence-corrected chi connectivity index (χ4v) is 3.34. The molecular weight excluding hydrogens is 384 g/mol. The summed E-state index contributed by atoms with van der Waals surface area (Å²) in [5.74, 6) is -0.195. The monoisotopic (exact) mass is 410 g/mol. The Bertz CT molecular complexity index is 870. The lowest BCUT2D eigenvalue weighted by molar-refractivity contribution is -0.143. The third-order valence-electron chi connectivity index (χ3n) is 4.90. The van der Waals surface area contributed by atoms with Crippen molar-refractivity contribution in [1.82, 2.24) is 15.8 Å². The molecule has 2 aromatic carbocycles. The summed E-state index contributed by atoms with van der Waals surface area (Å²) in [4.78, 5) is 39.0. The number of hydrogen-bond acceptors (Lipinski definition) is 5. The number of ether oxygens (including phenoxy) is 1. The van der Waals surface area contributed by atoms with Crippen LogP contribution in [0.5, 0.6) is 5.75 Å². The number of nitrogens with zero attached hydrogens (tertiary/aromatic N) is 1. The second-order valence-electron chi connectivity index (χ2n) is 6.98. The minimum absolute atomic E-state index is 0.0226. The van der Waals surface area contributed by atoms with E-state index in [0.717, 1.165) is 24.3 Å². The standard InChI is InChI=1S/C22H26N4O4/c1-30-18-12-10-17(11-13-18)23-15-19(27)24-25-22(29)21(16-7-3-2-4-8-16)26-14-6-5-9-20(26)28/h2-4,7-8,10-13,21,23H,5-6,9,14-15H2,1H3,(H,24,27)(H,25,29). The average Bonchev–Trinajstić information content (AvgIpc) is 2.79. The second-order valence-corrected chi connectivity index (χ2v) is 6.98. The largest absolute Gasteiger partial charge is 0.497 e. The van der Waals surface area contributed by atoms with Crippen LogP contribution in [0, 0.1) is 0 Å². The number of hydrogen-bond donors (Lipinski definition) is 3. The van der Waals surface area contributed by atoms with Gasteiger partial charge in [0.1, 0.15) is 11.8 Å². The molecule has 8 nitrogen and oxygen atoms in total. The number of hydrazine groups is 1. The van der Waals surface area contributed by atoms with E-state index in [-0.39, 0.29) is 12.5 Å². The quantitative estimate of drug-likeness (QED) is 0.607. The van der Waals surface area contributed by atoms with Crippen LogP contribution >= 0.6 is 0 Å². The fraction of sp³-hybridized carbons (Fsp3) is 0.318. The summed E-state index contributed by atoms with van der Waals surface area (Å²) < 4.78 is 5.09. The first-order chi connectivity index (χ1) is 14.6. The fourth-order valence-electron chi connectivity index (χ4n) is 3.34. The summed E-state index contributed by atoms with van der Waals surface area (Å²) in [7, 11) is 1.58. The van der Waals surface area contributed by atoms with Crippen LogP contribution in [0.25, 0.3) is 0 Å². The lowest BCUT2D eigenvalue weighted by atomic mass is 10.0. The molecule has 158 valence electrons. The minimum atomic E-state index is -0.783. The molecule has 0 spiro atoms. The van der Waals surface area contributed by atoms with Gasteiger partial charge in [-0.3, -0.25) is 25.2 Å². The minimum Gasteiger partial charge on any atom is -0.497 e. The van der Waals surface area contributed by atoms with E-state index in [0.29, 0.717) is 18.5 Å². The normalized spacial score (nSPS) is 14.6. The Morgan fingerprint density at radius 3 is 2.43 bits per heavy atom. The molecule has 0 aliphatic carbocycles. The molecule has 1 atom stereocenters. The Balaban J connectivity index is 1.58. The second kappa shape index (κ2) is 10.3. The van der Waals surface area contributed by atoms with E-state index in [2.05, 4.69) is 16.2 Å². The first kappa shape index (κ1) is 21.2. The number of carbonyl (C=O) groups excluding carboxylic acids is 3. The molecule has 3 rings (SSSR count). The van der Waals surface area contributed by atoms with E-state index >= 15 is 0 Å². The first-order valence-corrected chi connectivity index (χ1v) is 9.89. The molecule has 1 fully saturated rings. The highest BCUT2D eigenvalue weighted by atomic mass is 16.5. The van der Waals surface area contributed by atoms with E-state index in [4.69, 9.17) is 4.74 Å². The summed E-state index contributed by atoms with van der Waals surface area (Å²) in [6.07, 6.45) is 2.10. The molecular formula is C22H26N4O4. The van der Waals surface area contributed by atoms with Gasteiger partial charge in [-0.25, -0.2) is 0 Å². The van der Waals surface area contributed by atoms with Gasteiger partial charge < -0.3 is 15.0 Å². The van der Waals surface area contributed by atoms with Crippen LogP contribution < -0.4 is 20.9 Å². The average molecular weight is 410 g/mol. The van der Waals surface area contributed by atoms with Crippen LogP contribution in [0.3, 0.4) is 0 Å². The Kier molecular flexibility index (Phi) is 7.26. The zero-order valence-electron chi connectivity index (χ0n) is 16.9.